The van der Waals surface area contributed by atoms with E-state index in [1.54, 1.807) is 61.8 Å². The van der Waals surface area contributed by atoms with E-state index < -0.39 is 0 Å². The molecule has 0 aliphatic carbocycles. The van der Waals surface area contributed by atoms with Gasteiger partial charge in [-0.05, 0) is 54.1 Å². The molecule has 0 bridgehead atoms. The van der Waals surface area contributed by atoms with Crippen LogP contribution in [0.25, 0.3) is 11.4 Å². The zero-order chi connectivity index (χ0) is 22.3. The first-order valence-electron chi connectivity index (χ1n) is 9.89. The highest BCUT2D eigenvalue weighted by molar-refractivity contribution is 6.30. The summed E-state index contributed by atoms with van der Waals surface area (Å²) in [5.74, 6) is 2.05. The number of benzene rings is 3. The second kappa shape index (κ2) is 9.94. The molecule has 0 atom stereocenters. The van der Waals surface area contributed by atoms with Crippen LogP contribution in [0.4, 0.5) is 0 Å². The van der Waals surface area contributed by atoms with E-state index in [4.69, 9.17) is 21.1 Å². The minimum Gasteiger partial charge on any atom is -0.497 e. The Morgan fingerprint density at radius 3 is 2.47 bits per heavy atom. The molecule has 1 N–H and O–H groups in total. The molecule has 0 saturated heterocycles. The van der Waals surface area contributed by atoms with E-state index in [1.807, 2.05) is 30.3 Å². The second-order valence-corrected chi connectivity index (χ2v) is 7.32. The van der Waals surface area contributed by atoms with Gasteiger partial charge in [0.15, 0.2) is 5.82 Å². The fraction of sp³-hybridized carbons (Fsp3) is 0.0800. The van der Waals surface area contributed by atoms with Crippen molar-refractivity contribution < 1.29 is 14.3 Å². The molecule has 160 valence electrons. The number of methoxy groups -OCH3 is 1. The molecule has 0 unspecified atom stereocenters. The van der Waals surface area contributed by atoms with Crippen LogP contribution in [0.5, 0.6) is 17.4 Å². The number of nitrogens with zero attached hydrogens (tertiary/aromatic N) is 2. The molecule has 3 aromatic carbocycles. The highest BCUT2D eigenvalue weighted by Gasteiger charge is 2.10. The maximum absolute atomic E-state index is 12.6. The highest BCUT2D eigenvalue weighted by Crippen LogP contribution is 2.24. The molecule has 4 rings (SSSR count). The Labute approximate surface area is 190 Å². The van der Waals surface area contributed by atoms with Crippen molar-refractivity contribution in [2.45, 2.75) is 6.54 Å². The second-order valence-electron chi connectivity index (χ2n) is 6.89. The fourth-order valence-corrected chi connectivity index (χ4v) is 3.11. The molecule has 0 aliphatic heterocycles. The Morgan fingerprint density at radius 1 is 0.969 bits per heavy atom. The van der Waals surface area contributed by atoms with E-state index >= 15 is 0 Å². The third kappa shape index (κ3) is 5.42. The number of carbonyl (C=O) groups excluding carboxylic acids is 1. The maximum Gasteiger partial charge on any atom is 0.251 e. The Balaban J connectivity index is 1.46. The smallest absolute Gasteiger partial charge is 0.251 e. The number of rotatable bonds is 7. The molecule has 0 saturated carbocycles. The average Bonchev–Trinajstić information content (AvgIpc) is 2.84. The van der Waals surface area contributed by atoms with E-state index in [9.17, 15) is 4.79 Å². The number of hydrogen-bond acceptors (Lipinski definition) is 5. The largest absolute Gasteiger partial charge is 0.497 e. The summed E-state index contributed by atoms with van der Waals surface area (Å²) in [6.45, 7) is 0.405. The van der Waals surface area contributed by atoms with Gasteiger partial charge in [0.05, 0.1) is 7.11 Å². The predicted octanol–water partition coefficient (Wildman–Crippen LogP) is 5.53. The van der Waals surface area contributed by atoms with Crippen molar-refractivity contribution >= 4 is 17.5 Å². The monoisotopic (exact) mass is 445 g/mol. The minimum absolute atomic E-state index is 0.188. The van der Waals surface area contributed by atoms with E-state index in [0.29, 0.717) is 40.1 Å². The lowest BCUT2D eigenvalue weighted by Crippen LogP contribution is -2.22. The van der Waals surface area contributed by atoms with Crippen molar-refractivity contribution in [1.82, 2.24) is 15.3 Å². The van der Waals surface area contributed by atoms with Gasteiger partial charge in [-0.2, -0.15) is 4.98 Å². The normalized spacial score (nSPS) is 10.4. The summed E-state index contributed by atoms with van der Waals surface area (Å²) >= 11 is 5.90. The van der Waals surface area contributed by atoms with Crippen molar-refractivity contribution in [3.63, 3.8) is 0 Å². The Kier molecular flexibility index (Phi) is 6.63. The van der Waals surface area contributed by atoms with Gasteiger partial charge in [0.2, 0.25) is 5.88 Å². The number of nitrogens with one attached hydrogen (secondary N) is 1. The summed E-state index contributed by atoms with van der Waals surface area (Å²) in [4.78, 5) is 21.4. The summed E-state index contributed by atoms with van der Waals surface area (Å²) in [5, 5.41) is 3.57. The van der Waals surface area contributed by atoms with Crippen LogP contribution in [0.3, 0.4) is 0 Å². The molecule has 6 nitrogen and oxygen atoms in total. The van der Waals surface area contributed by atoms with Crippen LogP contribution in [0.1, 0.15) is 15.9 Å². The topological polar surface area (TPSA) is 73.3 Å². The molecule has 1 heterocycles. The van der Waals surface area contributed by atoms with Gasteiger partial charge in [0, 0.05) is 35.0 Å². The number of ether oxygens (including phenoxy) is 2. The molecular weight excluding hydrogens is 426 g/mol. The number of amides is 1. The van der Waals surface area contributed by atoms with Gasteiger partial charge in [-0.25, -0.2) is 4.98 Å². The van der Waals surface area contributed by atoms with Crippen LogP contribution in [0, 0.1) is 0 Å². The van der Waals surface area contributed by atoms with Crippen LogP contribution < -0.4 is 14.8 Å². The number of carbonyl (C=O) groups is 1. The van der Waals surface area contributed by atoms with E-state index in [-0.39, 0.29) is 5.91 Å². The summed E-state index contributed by atoms with van der Waals surface area (Å²) < 4.78 is 11.0. The summed E-state index contributed by atoms with van der Waals surface area (Å²) in [6, 6.07) is 23.4. The zero-order valence-electron chi connectivity index (χ0n) is 17.3. The SMILES string of the molecule is COc1ccc(Oc2ccnc(-c3cccc(C(=O)NCc4ccc(Cl)cc4)c3)n2)cc1. The van der Waals surface area contributed by atoms with Crippen LogP contribution in [0.15, 0.2) is 85.1 Å². The summed E-state index contributed by atoms with van der Waals surface area (Å²) in [6.07, 6.45) is 1.62. The highest BCUT2D eigenvalue weighted by atomic mass is 35.5. The van der Waals surface area contributed by atoms with Crippen molar-refractivity contribution in [1.29, 1.82) is 0 Å². The predicted molar refractivity (Wildman–Crippen MR) is 123 cm³/mol. The van der Waals surface area contributed by atoms with Gasteiger partial charge >= 0.3 is 0 Å². The van der Waals surface area contributed by atoms with E-state index in [1.165, 1.54) is 0 Å². The van der Waals surface area contributed by atoms with Crippen molar-refractivity contribution in [3.05, 3.63) is 101 Å². The standard InChI is InChI=1S/C25H20ClN3O3/c1-31-21-9-11-22(12-10-21)32-23-13-14-27-24(29-23)18-3-2-4-19(15-18)25(30)28-16-17-5-7-20(26)8-6-17/h2-15H,16H2,1H3,(H,28,30). The molecule has 4 aromatic rings. The summed E-state index contributed by atoms with van der Waals surface area (Å²) in [7, 11) is 1.61. The quantitative estimate of drug-likeness (QED) is 0.405. The molecule has 0 spiro atoms. The van der Waals surface area contributed by atoms with Crippen molar-refractivity contribution in [2.75, 3.05) is 7.11 Å². The molecule has 1 aromatic heterocycles. The molecule has 7 heteroatoms. The first kappa shape index (κ1) is 21.3. The van der Waals surface area contributed by atoms with Crippen molar-refractivity contribution in [2.24, 2.45) is 0 Å². The Morgan fingerprint density at radius 2 is 1.72 bits per heavy atom. The Hall–Kier alpha value is -3.90. The lowest BCUT2D eigenvalue weighted by molar-refractivity contribution is 0.0951. The van der Waals surface area contributed by atoms with Gasteiger partial charge in [0.1, 0.15) is 11.5 Å². The van der Waals surface area contributed by atoms with Gasteiger partial charge < -0.3 is 14.8 Å². The maximum atomic E-state index is 12.6. The first-order chi connectivity index (χ1) is 15.6. The average molecular weight is 446 g/mol. The zero-order valence-corrected chi connectivity index (χ0v) is 18.0. The lowest BCUT2D eigenvalue weighted by atomic mass is 10.1. The van der Waals surface area contributed by atoms with Gasteiger partial charge in [0.25, 0.3) is 5.91 Å². The molecule has 32 heavy (non-hydrogen) atoms. The lowest BCUT2D eigenvalue weighted by Gasteiger charge is -2.09. The van der Waals surface area contributed by atoms with Gasteiger partial charge in [-0.3, -0.25) is 4.79 Å². The molecule has 1 amide bonds. The van der Waals surface area contributed by atoms with E-state index in [0.717, 1.165) is 11.3 Å². The number of hydrogen-bond donors (Lipinski definition) is 1. The van der Waals surface area contributed by atoms with Crippen molar-refractivity contribution in [3.8, 4) is 28.8 Å². The first-order valence-corrected chi connectivity index (χ1v) is 10.3. The third-order valence-corrected chi connectivity index (χ3v) is 4.91. The molecule has 0 radical (unpaired) electrons. The number of aromatic nitrogens is 2. The van der Waals surface area contributed by atoms with Crippen LogP contribution >= 0.6 is 11.6 Å². The van der Waals surface area contributed by atoms with Gasteiger partial charge in [-0.15, -0.1) is 0 Å². The van der Waals surface area contributed by atoms with E-state index in [2.05, 4.69) is 15.3 Å². The fourth-order valence-electron chi connectivity index (χ4n) is 2.99. The number of halogens is 1. The van der Waals surface area contributed by atoms with Crippen LogP contribution in [-0.4, -0.2) is 23.0 Å². The van der Waals surface area contributed by atoms with Gasteiger partial charge in [-0.1, -0.05) is 35.9 Å². The molecular formula is C25H20ClN3O3. The molecule has 0 fully saturated rings. The van der Waals surface area contributed by atoms with Crippen LogP contribution in [0.2, 0.25) is 5.02 Å². The minimum atomic E-state index is -0.188. The molecule has 0 aliphatic rings. The Bertz CT molecular complexity index is 1210. The van der Waals surface area contributed by atoms with Crippen LogP contribution in [-0.2, 0) is 6.54 Å². The summed E-state index contributed by atoms with van der Waals surface area (Å²) in [5.41, 5.74) is 2.19. The third-order valence-electron chi connectivity index (χ3n) is 4.66.